The second-order valence-corrected chi connectivity index (χ2v) is 5.72. The van der Waals surface area contributed by atoms with Crippen LogP contribution in [0.4, 0.5) is 5.69 Å². The summed E-state index contributed by atoms with van der Waals surface area (Å²) in [6.45, 7) is 1.86. The first-order valence-corrected chi connectivity index (χ1v) is 6.66. The lowest BCUT2D eigenvalue weighted by Crippen LogP contribution is -2.43. The number of esters is 1. The van der Waals surface area contributed by atoms with E-state index in [0.717, 1.165) is 11.3 Å². The van der Waals surface area contributed by atoms with Gasteiger partial charge in [0, 0.05) is 18.5 Å². The van der Waals surface area contributed by atoms with Crippen molar-refractivity contribution < 1.29 is 14.3 Å². The number of fused-ring (bicyclic) bond motifs is 2. The van der Waals surface area contributed by atoms with Crippen LogP contribution >= 0.6 is 15.9 Å². The molecule has 2 heterocycles. The van der Waals surface area contributed by atoms with Gasteiger partial charge < -0.3 is 9.64 Å². The van der Waals surface area contributed by atoms with Crippen LogP contribution in [0.25, 0.3) is 0 Å². The van der Waals surface area contributed by atoms with Gasteiger partial charge in [0.05, 0.1) is 5.69 Å². The van der Waals surface area contributed by atoms with Crippen LogP contribution in [0.5, 0.6) is 0 Å². The van der Waals surface area contributed by atoms with Gasteiger partial charge in [-0.1, -0.05) is 41.1 Å². The topological polar surface area (TPSA) is 46.6 Å². The molecule has 0 bridgehead atoms. The molecule has 0 aliphatic carbocycles. The third kappa shape index (κ3) is 1.15. The van der Waals surface area contributed by atoms with Gasteiger partial charge in [0.15, 0.2) is 0 Å². The van der Waals surface area contributed by atoms with Gasteiger partial charge in [-0.05, 0) is 6.07 Å². The van der Waals surface area contributed by atoms with Gasteiger partial charge in [0.2, 0.25) is 5.60 Å². The minimum atomic E-state index is -1.16. The van der Waals surface area contributed by atoms with Crippen molar-refractivity contribution in [1.82, 2.24) is 0 Å². The number of amides is 1. The molecule has 94 valence electrons. The molecule has 4 nitrogen and oxygen atoms in total. The first kappa shape index (κ1) is 11.7. The van der Waals surface area contributed by atoms with Gasteiger partial charge in [0.25, 0.3) is 5.91 Å². The number of carbonyl (C=O) groups excluding carboxylic acids is 2. The Balaban J connectivity index is 2.25. The van der Waals surface area contributed by atoms with Crippen molar-refractivity contribution in [2.45, 2.75) is 17.4 Å². The number of hydrogen-bond acceptors (Lipinski definition) is 3. The molecule has 1 saturated heterocycles. The number of anilines is 1. The number of carbonyl (C=O) groups is 2. The van der Waals surface area contributed by atoms with Crippen molar-refractivity contribution in [1.29, 1.82) is 0 Å². The van der Waals surface area contributed by atoms with Gasteiger partial charge in [0.1, 0.15) is 4.83 Å². The fraction of sp³-hybridized carbons (Fsp3) is 0.385. The molecule has 18 heavy (non-hydrogen) atoms. The predicted octanol–water partition coefficient (Wildman–Crippen LogP) is 1.81. The molecule has 1 amide bonds. The highest BCUT2D eigenvalue weighted by Crippen LogP contribution is 2.52. The summed E-state index contributed by atoms with van der Waals surface area (Å²) in [7, 11) is 1.71. The number of ether oxygens (including phenoxy) is 1. The highest BCUT2D eigenvalue weighted by atomic mass is 79.9. The van der Waals surface area contributed by atoms with Gasteiger partial charge in [-0.15, -0.1) is 0 Å². The lowest BCUT2D eigenvalue weighted by Gasteiger charge is -2.25. The summed E-state index contributed by atoms with van der Waals surface area (Å²) in [5.41, 5.74) is 0.431. The Bertz CT molecular complexity index is 559. The Labute approximate surface area is 113 Å². The van der Waals surface area contributed by atoms with Gasteiger partial charge in [-0.2, -0.15) is 0 Å². The van der Waals surface area contributed by atoms with E-state index in [-0.39, 0.29) is 17.8 Å². The van der Waals surface area contributed by atoms with Crippen molar-refractivity contribution in [3.8, 4) is 0 Å². The second kappa shape index (κ2) is 3.57. The zero-order chi connectivity index (χ0) is 13.1. The molecule has 2 aliphatic heterocycles. The number of nitrogens with zero attached hydrogens (tertiary/aromatic N) is 1. The Morgan fingerprint density at radius 3 is 2.61 bits per heavy atom. The van der Waals surface area contributed by atoms with Gasteiger partial charge >= 0.3 is 5.97 Å². The largest absolute Gasteiger partial charge is 0.443 e. The van der Waals surface area contributed by atoms with E-state index in [1.807, 2.05) is 31.2 Å². The zero-order valence-electron chi connectivity index (χ0n) is 10.0. The number of hydrogen-bond donors (Lipinski definition) is 0. The van der Waals surface area contributed by atoms with Crippen LogP contribution in [0.3, 0.4) is 0 Å². The van der Waals surface area contributed by atoms with E-state index in [9.17, 15) is 9.59 Å². The summed E-state index contributed by atoms with van der Waals surface area (Å²) in [6, 6.07) is 7.44. The van der Waals surface area contributed by atoms with E-state index in [0.29, 0.717) is 0 Å². The lowest BCUT2D eigenvalue weighted by atomic mass is 9.83. The number of halogens is 1. The minimum absolute atomic E-state index is 0.175. The van der Waals surface area contributed by atoms with Crippen molar-refractivity contribution in [3.63, 3.8) is 0 Å². The van der Waals surface area contributed by atoms with Crippen molar-refractivity contribution in [3.05, 3.63) is 29.8 Å². The van der Waals surface area contributed by atoms with Crippen molar-refractivity contribution in [2.75, 3.05) is 11.9 Å². The molecule has 1 spiro atoms. The monoisotopic (exact) mass is 309 g/mol. The number of alkyl halides is 1. The van der Waals surface area contributed by atoms with Crippen LogP contribution in [0.15, 0.2) is 24.3 Å². The summed E-state index contributed by atoms with van der Waals surface area (Å²) in [4.78, 5) is 25.4. The normalized spacial score (nSPS) is 34.1. The van der Waals surface area contributed by atoms with Crippen LogP contribution in [-0.4, -0.2) is 23.8 Å². The van der Waals surface area contributed by atoms with E-state index in [1.165, 1.54) is 0 Å². The molecule has 2 aliphatic rings. The molecule has 3 atom stereocenters. The summed E-state index contributed by atoms with van der Waals surface area (Å²) < 4.78 is 5.47. The van der Waals surface area contributed by atoms with Crippen LogP contribution in [-0.2, 0) is 19.9 Å². The molecular formula is C13H12BrNO3. The number of para-hydroxylation sites is 1. The average Bonchev–Trinajstić information content (AvgIpc) is 2.73. The maximum atomic E-state index is 12.5. The Hall–Kier alpha value is -1.36. The Morgan fingerprint density at radius 2 is 2.00 bits per heavy atom. The first-order chi connectivity index (χ1) is 8.50. The lowest BCUT2D eigenvalue weighted by molar-refractivity contribution is -0.158. The summed E-state index contributed by atoms with van der Waals surface area (Å²) >= 11 is 3.31. The standard InChI is InChI=1S/C13H12BrNO3/c1-7-10(14)11(16)18-13(7)8-5-3-4-6-9(8)15(2)12(13)17/h3-7,10H,1-2H3/t7-,10-,13-/m1/s1. The molecule has 0 aromatic heterocycles. The quantitative estimate of drug-likeness (QED) is 0.542. The Morgan fingerprint density at radius 1 is 1.33 bits per heavy atom. The van der Waals surface area contributed by atoms with Crippen molar-refractivity contribution in [2.24, 2.45) is 5.92 Å². The SMILES string of the molecule is C[C@@H]1[C@@H](Br)C(=O)O[C@]12C(=O)N(C)c1ccccc12. The molecule has 0 radical (unpaired) electrons. The van der Waals surface area contributed by atoms with Gasteiger partial charge in [-0.25, -0.2) is 0 Å². The summed E-state index contributed by atoms with van der Waals surface area (Å²) in [6.07, 6.45) is 0. The highest BCUT2D eigenvalue weighted by Gasteiger charge is 2.63. The number of likely N-dealkylation sites (N-methyl/N-ethyl adjacent to an activating group) is 1. The predicted molar refractivity (Wildman–Crippen MR) is 69.5 cm³/mol. The Kier molecular flexibility index (Phi) is 2.32. The molecule has 3 rings (SSSR count). The number of benzene rings is 1. The smallest absolute Gasteiger partial charge is 0.321 e. The van der Waals surface area contributed by atoms with E-state index in [2.05, 4.69) is 15.9 Å². The molecule has 1 aromatic rings. The fourth-order valence-electron chi connectivity index (χ4n) is 2.81. The van der Waals surface area contributed by atoms with Crippen LogP contribution in [0, 0.1) is 5.92 Å². The van der Waals surface area contributed by atoms with E-state index in [4.69, 9.17) is 4.74 Å². The van der Waals surface area contributed by atoms with E-state index in [1.54, 1.807) is 11.9 Å². The number of rotatable bonds is 0. The van der Waals surface area contributed by atoms with Crippen LogP contribution < -0.4 is 4.90 Å². The highest BCUT2D eigenvalue weighted by molar-refractivity contribution is 9.10. The zero-order valence-corrected chi connectivity index (χ0v) is 11.6. The molecule has 0 saturated carbocycles. The third-order valence-electron chi connectivity index (χ3n) is 3.85. The van der Waals surface area contributed by atoms with E-state index < -0.39 is 10.4 Å². The van der Waals surface area contributed by atoms with Crippen LogP contribution in [0.2, 0.25) is 0 Å². The summed E-state index contributed by atoms with van der Waals surface area (Å²) in [5.74, 6) is -0.781. The van der Waals surface area contributed by atoms with Crippen LogP contribution in [0.1, 0.15) is 12.5 Å². The average molecular weight is 310 g/mol. The molecule has 0 unspecified atom stereocenters. The first-order valence-electron chi connectivity index (χ1n) is 5.74. The molecule has 5 heteroatoms. The fourth-order valence-corrected chi connectivity index (χ4v) is 3.28. The third-order valence-corrected chi connectivity index (χ3v) is 5.02. The maximum absolute atomic E-state index is 12.5. The molecule has 0 N–H and O–H groups in total. The summed E-state index contributed by atoms with van der Waals surface area (Å²) in [5, 5.41) is 0. The molecule has 1 aromatic carbocycles. The molecule has 1 fully saturated rings. The van der Waals surface area contributed by atoms with Crippen molar-refractivity contribution >= 4 is 33.5 Å². The molecular weight excluding hydrogens is 298 g/mol. The van der Waals surface area contributed by atoms with Gasteiger partial charge in [-0.3, -0.25) is 9.59 Å². The second-order valence-electron chi connectivity index (χ2n) is 4.73. The van der Waals surface area contributed by atoms with E-state index >= 15 is 0 Å². The minimum Gasteiger partial charge on any atom is -0.443 e. The maximum Gasteiger partial charge on any atom is 0.321 e.